The maximum absolute atomic E-state index is 9.11. The largest absolute Gasteiger partial charge is 0.496 e. The number of hydrogen-bond acceptors (Lipinski definition) is 3. The van der Waals surface area contributed by atoms with E-state index in [1.807, 2.05) is 6.07 Å². The molecule has 0 aliphatic heterocycles. The summed E-state index contributed by atoms with van der Waals surface area (Å²) in [5.41, 5.74) is 0.766. The molecule has 1 N–H and O–H groups in total. The van der Waals surface area contributed by atoms with Gasteiger partial charge in [0.25, 0.3) is 0 Å². The van der Waals surface area contributed by atoms with Crippen molar-refractivity contribution in [1.29, 1.82) is 0 Å². The molecule has 72 valence electrons. The standard InChI is InChI=1S/C9H11IO3/c1-12-7-3-4-8(13-2)9(10)6(7)5-11/h3-4,11H,5H2,1-2H3. The summed E-state index contributed by atoms with van der Waals surface area (Å²) >= 11 is 2.12. The molecule has 0 spiro atoms. The third-order valence-corrected chi connectivity index (χ3v) is 2.95. The Morgan fingerprint density at radius 1 is 1.23 bits per heavy atom. The average molecular weight is 294 g/mol. The minimum Gasteiger partial charge on any atom is -0.496 e. The molecule has 3 nitrogen and oxygen atoms in total. The quantitative estimate of drug-likeness (QED) is 0.864. The van der Waals surface area contributed by atoms with Gasteiger partial charge in [0, 0.05) is 5.56 Å². The zero-order chi connectivity index (χ0) is 9.84. The van der Waals surface area contributed by atoms with Gasteiger partial charge in [0.2, 0.25) is 0 Å². The minimum atomic E-state index is -0.0430. The van der Waals surface area contributed by atoms with Crippen LogP contribution in [0, 0.1) is 3.57 Å². The van der Waals surface area contributed by atoms with Gasteiger partial charge >= 0.3 is 0 Å². The molecule has 0 bridgehead atoms. The Kier molecular flexibility index (Phi) is 3.80. The monoisotopic (exact) mass is 294 g/mol. The summed E-state index contributed by atoms with van der Waals surface area (Å²) in [6.45, 7) is -0.0430. The molecule has 4 heteroatoms. The lowest BCUT2D eigenvalue weighted by Crippen LogP contribution is -1.97. The highest BCUT2D eigenvalue weighted by Gasteiger charge is 2.10. The number of aliphatic hydroxyl groups excluding tert-OH is 1. The first kappa shape index (κ1) is 10.6. The molecule has 0 saturated heterocycles. The van der Waals surface area contributed by atoms with Crippen molar-refractivity contribution in [3.05, 3.63) is 21.3 Å². The van der Waals surface area contributed by atoms with Gasteiger partial charge in [0.1, 0.15) is 11.5 Å². The van der Waals surface area contributed by atoms with Crippen LogP contribution in [0.2, 0.25) is 0 Å². The van der Waals surface area contributed by atoms with E-state index in [2.05, 4.69) is 22.6 Å². The summed E-state index contributed by atoms with van der Waals surface area (Å²) in [5, 5.41) is 9.11. The summed E-state index contributed by atoms with van der Waals surface area (Å²) in [6, 6.07) is 3.60. The van der Waals surface area contributed by atoms with Crippen LogP contribution < -0.4 is 9.47 Å². The SMILES string of the molecule is COc1ccc(OC)c(CO)c1I. The molecule has 0 fully saturated rings. The van der Waals surface area contributed by atoms with Crippen molar-refractivity contribution < 1.29 is 14.6 Å². The number of hydrogen-bond donors (Lipinski definition) is 1. The van der Waals surface area contributed by atoms with Crippen molar-refractivity contribution in [2.75, 3.05) is 14.2 Å². The molecule has 0 saturated carbocycles. The van der Waals surface area contributed by atoms with Gasteiger partial charge in [0.05, 0.1) is 24.4 Å². The van der Waals surface area contributed by atoms with Crippen LogP contribution in [-0.4, -0.2) is 19.3 Å². The van der Waals surface area contributed by atoms with Crippen molar-refractivity contribution >= 4 is 22.6 Å². The molecule has 1 aromatic rings. The van der Waals surface area contributed by atoms with E-state index in [-0.39, 0.29) is 6.61 Å². The Balaban J connectivity index is 3.23. The fourth-order valence-corrected chi connectivity index (χ4v) is 1.91. The lowest BCUT2D eigenvalue weighted by atomic mass is 10.2. The van der Waals surface area contributed by atoms with Gasteiger partial charge in [-0.05, 0) is 34.7 Å². The number of aliphatic hydroxyl groups is 1. The van der Waals surface area contributed by atoms with Crippen LogP contribution >= 0.6 is 22.6 Å². The van der Waals surface area contributed by atoms with Gasteiger partial charge in [-0.1, -0.05) is 0 Å². The van der Waals surface area contributed by atoms with E-state index >= 15 is 0 Å². The van der Waals surface area contributed by atoms with Crippen molar-refractivity contribution in [1.82, 2.24) is 0 Å². The Hall–Kier alpha value is -0.490. The van der Waals surface area contributed by atoms with Gasteiger partial charge in [-0.2, -0.15) is 0 Å². The second kappa shape index (κ2) is 4.66. The fourth-order valence-electron chi connectivity index (χ4n) is 1.08. The smallest absolute Gasteiger partial charge is 0.132 e. The second-order valence-electron chi connectivity index (χ2n) is 2.42. The molecular formula is C9H11IO3. The molecular weight excluding hydrogens is 283 g/mol. The first-order valence-corrected chi connectivity index (χ1v) is 4.82. The van der Waals surface area contributed by atoms with Crippen molar-refractivity contribution in [3.63, 3.8) is 0 Å². The highest BCUT2D eigenvalue weighted by Crippen LogP contribution is 2.31. The van der Waals surface area contributed by atoms with E-state index in [0.29, 0.717) is 5.75 Å². The van der Waals surface area contributed by atoms with Crippen LogP contribution in [-0.2, 0) is 6.61 Å². The fraction of sp³-hybridized carbons (Fsp3) is 0.333. The van der Waals surface area contributed by atoms with Gasteiger partial charge in [-0.25, -0.2) is 0 Å². The van der Waals surface area contributed by atoms with Crippen molar-refractivity contribution in [3.8, 4) is 11.5 Å². The Morgan fingerprint density at radius 2 is 1.77 bits per heavy atom. The number of rotatable bonds is 3. The predicted octanol–water partition coefficient (Wildman–Crippen LogP) is 1.80. The summed E-state index contributed by atoms with van der Waals surface area (Å²) in [5.74, 6) is 1.44. The van der Waals surface area contributed by atoms with E-state index in [0.717, 1.165) is 14.9 Å². The zero-order valence-corrected chi connectivity index (χ0v) is 9.66. The van der Waals surface area contributed by atoms with Crippen molar-refractivity contribution in [2.24, 2.45) is 0 Å². The van der Waals surface area contributed by atoms with Crippen LogP contribution in [0.5, 0.6) is 11.5 Å². The number of halogens is 1. The van der Waals surface area contributed by atoms with Gasteiger partial charge in [0.15, 0.2) is 0 Å². The molecule has 1 aromatic carbocycles. The van der Waals surface area contributed by atoms with Gasteiger partial charge in [-0.15, -0.1) is 0 Å². The summed E-state index contributed by atoms with van der Waals surface area (Å²) in [7, 11) is 3.18. The predicted molar refractivity (Wildman–Crippen MR) is 58.2 cm³/mol. The van der Waals surface area contributed by atoms with Gasteiger partial charge in [-0.3, -0.25) is 0 Å². The lowest BCUT2D eigenvalue weighted by Gasteiger charge is -2.11. The van der Waals surface area contributed by atoms with Crippen LogP contribution in [0.15, 0.2) is 12.1 Å². The highest BCUT2D eigenvalue weighted by molar-refractivity contribution is 14.1. The molecule has 0 atom stereocenters. The Bertz CT molecular complexity index is 299. The van der Waals surface area contributed by atoms with E-state index < -0.39 is 0 Å². The van der Waals surface area contributed by atoms with Crippen LogP contribution in [0.1, 0.15) is 5.56 Å². The highest BCUT2D eigenvalue weighted by atomic mass is 127. The third kappa shape index (κ3) is 2.05. The maximum atomic E-state index is 9.11. The molecule has 0 amide bonds. The number of benzene rings is 1. The molecule has 1 rings (SSSR count). The topological polar surface area (TPSA) is 38.7 Å². The van der Waals surface area contributed by atoms with Crippen LogP contribution in [0.3, 0.4) is 0 Å². The van der Waals surface area contributed by atoms with E-state index in [1.54, 1.807) is 20.3 Å². The second-order valence-corrected chi connectivity index (χ2v) is 3.50. The lowest BCUT2D eigenvalue weighted by molar-refractivity contribution is 0.271. The molecule has 0 heterocycles. The van der Waals surface area contributed by atoms with E-state index in [9.17, 15) is 0 Å². The zero-order valence-electron chi connectivity index (χ0n) is 7.50. The summed E-state index contributed by atoms with van der Waals surface area (Å²) in [6.07, 6.45) is 0. The Morgan fingerprint density at radius 3 is 2.23 bits per heavy atom. The molecule has 0 radical (unpaired) electrons. The average Bonchev–Trinajstić information content (AvgIpc) is 2.17. The minimum absolute atomic E-state index is 0.0430. The van der Waals surface area contributed by atoms with Gasteiger partial charge < -0.3 is 14.6 Å². The van der Waals surface area contributed by atoms with Crippen molar-refractivity contribution in [2.45, 2.75) is 6.61 Å². The number of ether oxygens (including phenoxy) is 2. The third-order valence-electron chi connectivity index (χ3n) is 1.76. The molecule has 0 aliphatic carbocycles. The Labute approximate surface area is 90.8 Å². The molecule has 0 unspecified atom stereocenters. The van der Waals surface area contributed by atoms with Crippen LogP contribution in [0.4, 0.5) is 0 Å². The van der Waals surface area contributed by atoms with Crippen LogP contribution in [0.25, 0.3) is 0 Å². The molecule has 13 heavy (non-hydrogen) atoms. The first-order valence-electron chi connectivity index (χ1n) is 3.74. The summed E-state index contributed by atoms with van der Waals surface area (Å²) < 4.78 is 11.1. The first-order chi connectivity index (χ1) is 6.24. The number of methoxy groups -OCH3 is 2. The summed E-state index contributed by atoms with van der Waals surface area (Å²) in [4.78, 5) is 0. The normalized spacial score (nSPS) is 9.85. The van der Waals surface area contributed by atoms with E-state index in [1.165, 1.54) is 0 Å². The maximum Gasteiger partial charge on any atom is 0.132 e. The molecule has 0 aliphatic rings. The van der Waals surface area contributed by atoms with E-state index in [4.69, 9.17) is 14.6 Å². The molecule has 0 aromatic heterocycles.